The Morgan fingerprint density at radius 1 is 1.10 bits per heavy atom. The lowest BCUT2D eigenvalue weighted by atomic mass is 10.1. The van der Waals surface area contributed by atoms with Crippen LogP contribution in [0.25, 0.3) is 10.8 Å². The third-order valence-electron chi connectivity index (χ3n) is 3.21. The molecule has 3 rings (SSSR count). The molecule has 0 spiro atoms. The van der Waals surface area contributed by atoms with Crippen LogP contribution in [0.15, 0.2) is 48.7 Å². The number of anilines is 1. The van der Waals surface area contributed by atoms with Crippen molar-refractivity contribution in [1.82, 2.24) is 4.98 Å². The van der Waals surface area contributed by atoms with E-state index < -0.39 is 0 Å². The van der Waals surface area contributed by atoms with E-state index in [0.29, 0.717) is 17.0 Å². The summed E-state index contributed by atoms with van der Waals surface area (Å²) in [5, 5.41) is 5.18. The summed E-state index contributed by atoms with van der Waals surface area (Å²) in [6, 6.07) is 12.3. The standard InChI is InChI=1S/C16H11Cl2FN2/c17-11-3-1-4-12(7-11)20-8-10-9-21-16(18)15-13(10)5-2-6-14(15)19/h1-7,9,20H,8H2. The second kappa shape index (κ2) is 5.88. The van der Waals surface area contributed by atoms with Gasteiger partial charge in [0, 0.05) is 23.5 Å². The number of rotatable bonds is 3. The highest BCUT2D eigenvalue weighted by Gasteiger charge is 2.10. The summed E-state index contributed by atoms with van der Waals surface area (Å²) in [6.07, 6.45) is 1.65. The van der Waals surface area contributed by atoms with Gasteiger partial charge in [-0.2, -0.15) is 0 Å². The number of hydrogen-bond acceptors (Lipinski definition) is 2. The average Bonchev–Trinajstić information content (AvgIpc) is 2.47. The van der Waals surface area contributed by atoms with E-state index in [9.17, 15) is 4.39 Å². The second-order valence-electron chi connectivity index (χ2n) is 4.60. The lowest BCUT2D eigenvalue weighted by molar-refractivity contribution is 0.639. The Morgan fingerprint density at radius 3 is 2.71 bits per heavy atom. The van der Waals surface area contributed by atoms with Crippen molar-refractivity contribution in [3.8, 4) is 0 Å². The van der Waals surface area contributed by atoms with Gasteiger partial charge in [-0.25, -0.2) is 9.37 Å². The first kappa shape index (κ1) is 14.1. The zero-order valence-electron chi connectivity index (χ0n) is 10.9. The molecule has 0 atom stereocenters. The van der Waals surface area contributed by atoms with Crippen molar-refractivity contribution < 1.29 is 4.39 Å². The molecule has 0 fully saturated rings. The minimum absolute atomic E-state index is 0.176. The Labute approximate surface area is 131 Å². The molecule has 3 aromatic rings. The van der Waals surface area contributed by atoms with Gasteiger partial charge in [-0.1, -0.05) is 41.4 Å². The summed E-state index contributed by atoms with van der Waals surface area (Å²) in [5.74, 6) is -0.366. The molecular formula is C16H11Cl2FN2. The highest BCUT2D eigenvalue weighted by Crippen LogP contribution is 2.27. The van der Waals surface area contributed by atoms with Gasteiger partial charge in [-0.05, 0) is 35.2 Å². The molecule has 106 valence electrons. The van der Waals surface area contributed by atoms with Gasteiger partial charge in [0.2, 0.25) is 0 Å². The van der Waals surface area contributed by atoms with E-state index >= 15 is 0 Å². The lowest BCUT2D eigenvalue weighted by Crippen LogP contribution is -2.01. The van der Waals surface area contributed by atoms with Crippen LogP contribution in [0.3, 0.4) is 0 Å². The monoisotopic (exact) mass is 320 g/mol. The molecule has 0 aliphatic heterocycles. The third-order valence-corrected chi connectivity index (χ3v) is 3.73. The van der Waals surface area contributed by atoms with Gasteiger partial charge in [0.25, 0.3) is 0 Å². The van der Waals surface area contributed by atoms with E-state index in [2.05, 4.69) is 10.3 Å². The fourth-order valence-corrected chi connectivity index (χ4v) is 2.64. The molecule has 0 unspecified atom stereocenters. The topological polar surface area (TPSA) is 24.9 Å². The molecule has 2 aromatic carbocycles. The summed E-state index contributed by atoms with van der Waals surface area (Å²) >= 11 is 11.9. The normalized spacial score (nSPS) is 10.8. The van der Waals surface area contributed by atoms with Gasteiger partial charge in [-0.15, -0.1) is 0 Å². The van der Waals surface area contributed by atoms with Crippen LogP contribution < -0.4 is 5.32 Å². The Morgan fingerprint density at radius 2 is 1.90 bits per heavy atom. The highest BCUT2D eigenvalue weighted by molar-refractivity contribution is 6.34. The number of nitrogens with one attached hydrogen (secondary N) is 1. The molecule has 5 heteroatoms. The van der Waals surface area contributed by atoms with Crippen LogP contribution in [-0.4, -0.2) is 4.98 Å². The van der Waals surface area contributed by atoms with Crippen molar-refractivity contribution in [2.24, 2.45) is 0 Å². The SMILES string of the molecule is Fc1cccc2c(CNc3cccc(Cl)c3)cnc(Cl)c12. The van der Waals surface area contributed by atoms with E-state index in [0.717, 1.165) is 16.6 Å². The van der Waals surface area contributed by atoms with Crippen LogP contribution in [0.1, 0.15) is 5.56 Å². The maximum atomic E-state index is 13.9. The largest absolute Gasteiger partial charge is 0.381 e. The van der Waals surface area contributed by atoms with Gasteiger partial charge >= 0.3 is 0 Å². The first-order valence-electron chi connectivity index (χ1n) is 6.36. The predicted octanol–water partition coefficient (Wildman–Crippen LogP) is 5.29. The Balaban J connectivity index is 1.95. The molecule has 0 amide bonds. The van der Waals surface area contributed by atoms with Crippen molar-refractivity contribution >= 4 is 39.7 Å². The minimum atomic E-state index is -0.366. The average molecular weight is 321 g/mol. The quantitative estimate of drug-likeness (QED) is 0.663. The van der Waals surface area contributed by atoms with Crippen molar-refractivity contribution in [3.05, 3.63) is 70.2 Å². The van der Waals surface area contributed by atoms with E-state index in [1.54, 1.807) is 18.3 Å². The van der Waals surface area contributed by atoms with E-state index in [-0.39, 0.29) is 11.0 Å². The number of benzene rings is 2. The molecule has 0 bridgehead atoms. The van der Waals surface area contributed by atoms with Crippen molar-refractivity contribution in [1.29, 1.82) is 0 Å². The van der Waals surface area contributed by atoms with Crippen LogP contribution in [0.2, 0.25) is 10.2 Å². The maximum Gasteiger partial charge on any atom is 0.139 e. The first-order valence-corrected chi connectivity index (χ1v) is 7.12. The third kappa shape index (κ3) is 2.94. The van der Waals surface area contributed by atoms with Crippen molar-refractivity contribution in [3.63, 3.8) is 0 Å². The maximum absolute atomic E-state index is 13.9. The molecular weight excluding hydrogens is 310 g/mol. The molecule has 0 saturated carbocycles. The fraction of sp³-hybridized carbons (Fsp3) is 0.0625. The molecule has 2 nitrogen and oxygen atoms in total. The van der Waals surface area contributed by atoms with Crippen LogP contribution >= 0.6 is 23.2 Å². The first-order chi connectivity index (χ1) is 10.1. The Hall–Kier alpha value is -1.84. The van der Waals surface area contributed by atoms with Crippen LogP contribution in [0.4, 0.5) is 10.1 Å². The number of fused-ring (bicyclic) bond motifs is 1. The van der Waals surface area contributed by atoms with Gasteiger partial charge in [0.15, 0.2) is 0 Å². The van der Waals surface area contributed by atoms with Gasteiger partial charge < -0.3 is 5.32 Å². The number of nitrogens with zero attached hydrogens (tertiary/aromatic N) is 1. The molecule has 0 radical (unpaired) electrons. The van der Waals surface area contributed by atoms with E-state index in [4.69, 9.17) is 23.2 Å². The molecule has 0 saturated heterocycles. The summed E-state index contributed by atoms with van der Waals surface area (Å²) < 4.78 is 13.9. The van der Waals surface area contributed by atoms with E-state index in [1.807, 2.05) is 24.3 Å². The summed E-state index contributed by atoms with van der Waals surface area (Å²) in [7, 11) is 0. The van der Waals surface area contributed by atoms with Crippen LogP contribution in [0.5, 0.6) is 0 Å². The summed E-state index contributed by atoms with van der Waals surface area (Å²) in [6.45, 7) is 0.504. The van der Waals surface area contributed by atoms with Crippen LogP contribution in [0, 0.1) is 5.82 Å². The zero-order valence-corrected chi connectivity index (χ0v) is 12.4. The second-order valence-corrected chi connectivity index (χ2v) is 5.39. The van der Waals surface area contributed by atoms with Gasteiger partial charge in [-0.3, -0.25) is 0 Å². The predicted molar refractivity (Wildman–Crippen MR) is 85.5 cm³/mol. The number of halogens is 3. The molecule has 21 heavy (non-hydrogen) atoms. The summed E-state index contributed by atoms with van der Waals surface area (Å²) in [4.78, 5) is 4.06. The number of hydrogen-bond donors (Lipinski definition) is 1. The van der Waals surface area contributed by atoms with Gasteiger partial charge in [0.1, 0.15) is 11.0 Å². The Bertz CT molecular complexity index is 797. The van der Waals surface area contributed by atoms with E-state index in [1.165, 1.54) is 6.07 Å². The molecule has 0 aliphatic rings. The van der Waals surface area contributed by atoms with Crippen LogP contribution in [-0.2, 0) is 6.54 Å². The van der Waals surface area contributed by atoms with Gasteiger partial charge in [0.05, 0.1) is 5.39 Å². The summed E-state index contributed by atoms with van der Waals surface area (Å²) in [5.41, 5.74) is 1.76. The molecule has 1 N–H and O–H groups in total. The minimum Gasteiger partial charge on any atom is -0.381 e. The Kier molecular flexibility index (Phi) is 3.95. The van der Waals surface area contributed by atoms with Crippen molar-refractivity contribution in [2.75, 3.05) is 5.32 Å². The lowest BCUT2D eigenvalue weighted by Gasteiger charge is -2.10. The smallest absolute Gasteiger partial charge is 0.139 e. The molecule has 1 heterocycles. The number of pyridine rings is 1. The van der Waals surface area contributed by atoms with Crippen molar-refractivity contribution in [2.45, 2.75) is 6.54 Å². The zero-order chi connectivity index (χ0) is 14.8. The molecule has 1 aromatic heterocycles. The molecule has 0 aliphatic carbocycles. The number of aromatic nitrogens is 1. The fourth-order valence-electron chi connectivity index (χ4n) is 2.21. The highest BCUT2D eigenvalue weighted by atomic mass is 35.5.